The van der Waals surface area contributed by atoms with E-state index in [0.717, 1.165) is 31.2 Å². The number of nitriles is 1. The van der Waals surface area contributed by atoms with Gasteiger partial charge in [0.25, 0.3) is 0 Å². The summed E-state index contributed by atoms with van der Waals surface area (Å²) < 4.78 is 5.93. The predicted molar refractivity (Wildman–Crippen MR) is 66.8 cm³/mol. The lowest BCUT2D eigenvalue weighted by Crippen LogP contribution is -2.31. The summed E-state index contributed by atoms with van der Waals surface area (Å²) in [5, 5.41) is 9.03. The van der Waals surface area contributed by atoms with Crippen LogP contribution in [0.3, 0.4) is 0 Å². The number of aryl methyl sites for hydroxylation is 1. The number of rotatable bonds is 2. The molecular weight excluding hydrogens is 212 g/mol. The summed E-state index contributed by atoms with van der Waals surface area (Å²) in [4.78, 5) is 0. The molecule has 1 fully saturated rings. The summed E-state index contributed by atoms with van der Waals surface area (Å²) in [5.41, 5.74) is 7.60. The maximum Gasteiger partial charge on any atom is 0.137 e. The SMILES string of the molecule is Cc1ccc(C#N)c(OC2CCC(N)CC2)c1. The highest BCUT2D eigenvalue weighted by atomic mass is 16.5. The highest BCUT2D eigenvalue weighted by molar-refractivity contribution is 5.45. The van der Waals surface area contributed by atoms with Crippen LogP contribution in [0.2, 0.25) is 0 Å². The molecule has 1 aromatic carbocycles. The Labute approximate surface area is 102 Å². The highest BCUT2D eigenvalue weighted by Crippen LogP contribution is 2.26. The van der Waals surface area contributed by atoms with Gasteiger partial charge in [0.1, 0.15) is 11.8 Å². The van der Waals surface area contributed by atoms with Crippen LogP contribution < -0.4 is 10.5 Å². The standard InChI is InChI=1S/C14H18N2O/c1-10-2-3-11(9-15)14(8-10)17-13-6-4-12(16)5-7-13/h2-3,8,12-13H,4-7,16H2,1H3. The molecule has 2 rings (SSSR count). The number of hydrogen-bond donors (Lipinski definition) is 1. The molecule has 0 bridgehead atoms. The molecule has 17 heavy (non-hydrogen) atoms. The molecule has 0 aliphatic heterocycles. The van der Waals surface area contributed by atoms with E-state index in [0.29, 0.717) is 17.4 Å². The summed E-state index contributed by atoms with van der Waals surface area (Å²) in [6, 6.07) is 8.18. The molecule has 90 valence electrons. The van der Waals surface area contributed by atoms with Crippen molar-refractivity contribution in [3.8, 4) is 11.8 Å². The molecule has 1 saturated carbocycles. The fraction of sp³-hybridized carbons (Fsp3) is 0.500. The molecule has 0 radical (unpaired) electrons. The molecule has 3 heteroatoms. The normalized spacial score (nSPS) is 24.1. The van der Waals surface area contributed by atoms with Crippen LogP contribution in [0, 0.1) is 18.3 Å². The highest BCUT2D eigenvalue weighted by Gasteiger charge is 2.20. The van der Waals surface area contributed by atoms with Crippen molar-refractivity contribution in [3.63, 3.8) is 0 Å². The van der Waals surface area contributed by atoms with Crippen LogP contribution >= 0.6 is 0 Å². The average Bonchev–Trinajstić information content (AvgIpc) is 2.32. The van der Waals surface area contributed by atoms with E-state index in [4.69, 9.17) is 15.7 Å². The van der Waals surface area contributed by atoms with E-state index in [-0.39, 0.29) is 6.10 Å². The van der Waals surface area contributed by atoms with E-state index < -0.39 is 0 Å². The molecule has 1 aromatic rings. The summed E-state index contributed by atoms with van der Waals surface area (Å²) in [6.07, 6.45) is 4.21. The number of nitrogens with zero attached hydrogens (tertiary/aromatic N) is 1. The molecule has 0 saturated heterocycles. The molecular formula is C14H18N2O. The molecule has 0 heterocycles. The van der Waals surface area contributed by atoms with E-state index in [1.54, 1.807) is 0 Å². The molecule has 0 atom stereocenters. The Hall–Kier alpha value is -1.53. The van der Waals surface area contributed by atoms with Crippen molar-refractivity contribution in [1.29, 1.82) is 5.26 Å². The minimum atomic E-state index is 0.212. The van der Waals surface area contributed by atoms with Crippen molar-refractivity contribution in [1.82, 2.24) is 0 Å². The fourth-order valence-electron chi connectivity index (χ4n) is 2.21. The Morgan fingerprint density at radius 1 is 1.29 bits per heavy atom. The molecule has 1 aliphatic carbocycles. The second kappa shape index (κ2) is 5.20. The number of ether oxygens (including phenoxy) is 1. The first kappa shape index (κ1) is 11.9. The minimum absolute atomic E-state index is 0.212. The largest absolute Gasteiger partial charge is 0.489 e. The second-order valence-corrected chi connectivity index (χ2v) is 4.77. The summed E-state index contributed by atoms with van der Waals surface area (Å²) in [5.74, 6) is 0.716. The second-order valence-electron chi connectivity index (χ2n) is 4.77. The lowest BCUT2D eigenvalue weighted by molar-refractivity contribution is 0.146. The summed E-state index contributed by atoms with van der Waals surface area (Å²) in [6.45, 7) is 2.00. The topological polar surface area (TPSA) is 59.0 Å². The zero-order valence-corrected chi connectivity index (χ0v) is 10.1. The van der Waals surface area contributed by atoms with Gasteiger partial charge in [-0.2, -0.15) is 5.26 Å². The van der Waals surface area contributed by atoms with Gasteiger partial charge in [-0.15, -0.1) is 0 Å². The van der Waals surface area contributed by atoms with Gasteiger partial charge < -0.3 is 10.5 Å². The minimum Gasteiger partial charge on any atom is -0.489 e. The summed E-state index contributed by atoms with van der Waals surface area (Å²) in [7, 11) is 0. The molecule has 0 spiro atoms. The monoisotopic (exact) mass is 230 g/mol. The summed E-state index contributed by atoms with van der Waals surface area (Å²) >= 11 is 0. The zero-order chi connectivity index (χ0) is 12.3. The van der Waals surface area contributed by atoms with Crippen LogP contribution in [-0.4, -0.2) is 12.1 Å². The van der Waals surface area contributed by atoms with Crippen molar-refractivity contribution >= 4 is 0 Å². The number of benzene rings is 1. The van der Waals surface area contributed by atoms with Crippen LogP contribution in [0.15, 0.2) is 18.2 Å². The van der Waals surface area contributed by atoms with Gasteiger partial charge in [-0.1, -0.05) is 6.07 Å². The van der Waals surface area contributed by atoms with E-state index in [1.807, 2.05) is 25.1 Å². The van der Waals surface area contributed by atoms with E-state index in [9.17, 15) is 0 Å². The smallest absolute Gasteiger partial charge is 0.137 e. The van der Waals surface area contributed by atoms with Gasteiger partial charge in [0.2, 0.25) is 0 Å². The third kappa shape index (κ3) is 2.98. The third-order valence-corrected chi connectivity index (χ3v) is 3.27. The molecule has 0 amide bonds. The van der Waals surface area contributed by atoms with Gasteiger partial charge in [0.05, 0.1) is 11.7 Å². The third-order valence-electron chi connectivity index (χ3n) is 3.27. The number of hydrogen-bond acceptors (Lipinski definition) is 3. The maximum absolute atomic E-state index is 9.03. The Kier molecular flexibility index (Phi) is 3.65. The molecule has 2 N–H and O–H groups in total. The Morgan fingerprint density at radius 2 is 2.00 bits per heavy atom. The Bertz CT molecular complexity index is 428. The maximum atomic E-state index is 9.03. The average molecular weight is 230 g/mol. The van der Waals surface area contributed by atoms with Gasteiger partial charge >= 0.3 is 0 Å². The first-order chi connectivity index (χ1) is 8.19. The van der Waals surface area contributed by atoms with Gasteiger partial charge in [-0.3, -0.25) is 0 Å². The van der Waals surface area contributed by atoms with Crippen LogP contribution in [-0.2, 0) is 0 Å². The first-order valence-electron chi connectivity index (χ1n) is 6.12. The van der Waals surface area contributed by atoms with Crippen molar-refractivity contribution in [3.05, 3.63) is 29.3 Å². The lowest BCUT2D eigenvalue weighted by atomic mass is 9.93. The van der Waals surface area contributed by atoms with Crippen molar-refractivity contribution in [2.75, 3.05) is 0 Å². The molecule has 3 nitrogen and oxygen atoms in total. The fourth-order valence-corrected chi connectivity index (χ4v) is 2.21. The predicted octanol–water partition coefficient (Wildman–Crippen LogP) is 2.52. The molecule has 0 unspecified atom stereocenters. The van der Waals surface area contributed by atoms with Gasteiger partial charge in [0.15, 0.2) is 0 Å². The van der Waals surface area contributed by atoms with Crippen LogP contribution in [0.5, 0.6) is 5.75 Å². The van der Waals surface area contributed by atoms with Crippen LogP contribution in [0.25, 0.3) is 0 Å². The van der Waals surface area contributed by atoms with Crippen molar-refractivity contribution in [2.45, 2.75) is 44.8 Å². The zero-order valence-electron chi connectivity index (χ0n) is 10.1. The van der Waals surface area contributed by atoms with Crippen LogP contribution in [0.1, 0.15) is 36.8 Å². The van der Waals surface area contributed by atoms with E-state index in [2.05, 4.69) is 6.07 Å². The van der Waals surface area contributed by atoms with Gasteiger partial charge in [-0.05, 0) is 50.3 Å². The van der Waals surface area contributed by atoms with E-state index >= 15 is 0 Å². The Balaban J connectivity index is 2.08. The quantitative estimate of drug-likeness (QED) is 0.849. The lowest BCUT2D eigenvalue weighted by Gasteiger charge is -2.27. The van der Waals surface area contributed by atoms with Crippen LogP contribution in [0.4, 0.5) is 0 Å². The molecule has 0 aromatic heterocycles. The molecule has 1 aliphatic rings. The Morgan fingerprint density at radius 3 is 2.65 bits per heavy atom. The number of nitrogens with two attached hydrogens (primary N) is 1. The van der Waals surface area contributed by atoms with E-state index in [1.165, 1.54) is 0 Å². The van der Waals surface area contributed by atoms with Crippen molar-refractivity contribution < 1.29 is 4.74 Å². The van der Waals surface area contributed by atoms with Gasteiger partial charge in [-0.25, -0.2) is 0 Å². The van der Waals surface area contributed by atoms with Crippen molar-refractivity contribution in [2.24, 2.45) is 5.73 Å². The van der Waals surface area contributed by atoms with Gasteiger partial charge in [0, 0.05) is 6.04 Å². The first-order valence-corrected chi connectivity index (χ1v) is 6.12.